The number of aliphatic hydroxyl groups excluding tert-OH is 2. The number of aliphatic hydroxyl groups is 2. The quantitative estimate of drug-likeness (QED) is 0.214. The Morgan fingerprint density at radius 2 is 1.94 bits per heavy atom. The molecule has 1 aromatic carbocycles. The lowest BCUT2D eigenvalue weighted by molar-refractivity contribution is -0.137. The summed E-state index contributed by atoms with van der Waals surface area (Å²) in [5.41, 5.74) is 4.21. The third-order valence-corrected chi connectivity index (χ3v) is 5.30. The molecule has 4 rings (SSSR count). The Kier molecular flexibility index (Phi) is 6.23. The molecule has 1 saturated heterocycles. The number of aromatic nitrogens is 4. The van der Waals surface area contributed by atoms with Crippen LogP contribution >= 0.6 is 0 Å². The summed E-state index contributed by atoms with van der Waals surface area (Å²) in [6.07, 6.45) is -4.49. The van der Waals surface area contributed by atoms with E-state index in [0.29, 0.717) is 12.1 Å². The second-order valence-corrected chi connectivity index (χ2v) is 7.58. The van der Waals surface area contributed by atoms with E-state index in [1.807, 2.05) is 0 Å². The molecule has 0 radical (unpaired) electrons. The van der Waals surface area contributed by atoms with Gasteiger partial charge in [-0.3, -0.25) is 9.36 Å². The Morgan fingerprint density at radius 1 is 1.20 bits per heavy atom. The number of phenolic OH excluding ortho intramolecular Hbond substituents is 2. The molecule has 186 valence electrons. The van der Waals surface area contributed by atoms with Gasteiger partial charge in [-0.25, -0.2) is 15.0 Å². The zero-order chi connectivity index (χ0) is 25.5. The summed E-state index contributed by atoms with van der Waals surface area (Å²) in [5, 5.41) is 42.3. The molecule has 0 spiro atoms. The van der Waals surface area contributed by atoms with Crippen molar-refractivity contribution >= 4 is 22.9 Å². The number of hydrogen-bond acceptors (Lipinski definition) is 10. The fourth-order valence-electron chi connectivity index (χ4n) is 3.54. The normalized spacial score (nSPS) is 22.8. The number of nitrogen functional groups attached to an aromatic ring is 1. The minimum atomic E-state index is -4.84. The highest BCUT2D eigenvalue weighted by Gasteiger charge is 2.43. The average Bonchev–Trinajstić information content (AvgIpc) is 3.34. The summed E-state index contributed by atoms with van der Waals surface area (Å²) >= 11 is 0. The second kappa shape index (κ2) is 9.01. The average molecular weight is 496 g/mol. The number of phenols is 2. The number of hydrogen-bond donors (Lipinski definition) is 6. The molecule has 1 amide bonds. The van der Waals surface area contributed by atoms with Gasteiger partial charge in [-0.15, -0.1) is 0 Å². The van der Waals surface area contributed by atoms with Crippen molar-refractivity contribution in [1.29, 1.82) is 0 Å². The van der Waals surface area contributed by atoms with Gasteiger partial charge in [0.2, 0.25) is 0 Å². The van der Waals surface area contributed by atoms with Crippen LogP contribution in [0.25, 0.3) is 11.2 Å². The van der Waals surface area contributed by atoms with E-state index in [0.717, 1.165) is 0 Å². The van der Waals surface area contributed by atoms with E-state index in [1.54, 1.807) is 0 Å². The molecule has 15 heteroatoms. The standard InChI is InChI=1S/C20H19F3N6O6/c21-20(22,23)8-4-9(13(31)10(30)5-8)18(34)25-3-1-2-11-14(32)15(33)19(35-11)29-7-28-12-16(24)26-6-27-17(12)29/h1-2,4-7,11,14-15,19,30-33H,3H2,(H,25,34)(H2,24,26,27)/t11?,14?,15-,19?/m1/s1. The van der Waals surface area contributed by atoms with Crippen molar-refractivity contribution in [1.82, 2.24) is 24.8 Å². The molecule has 4 atom stereocenters. The number of fused-ring (bicyclic) bond motifs is 1. The summed E-state index contributed by atoms with van der Waals surface area (Å²) in [6, 6.07) is 0.709. The lowest BCUT2D eigenvalue weighted by Gasteiger charge is -2.16. The molecule has 1 fully saturated rings. The summed E-state index contributed by atoms with van der Waals surface area (Å²) in [5.74, 6) is -3.06. The molecule has 12 nitrogen and oxygen atoms in total. The predicted molar refractivity (Wildman–Crippen MR) is 112 cm³/mol. The first kappa shape index (κ1) is 24.2. The number of alkyl halides is 3. The molecule has 3 unspecified atom stereocenters. The number of ether oxygens (including phenoxy) is 1. The summed E-state index contributed by atoms with van der Waals surface area (Å²) in [7, 11) is 0. The highest BCUT2D eigenvalue weighted by molar-refractivity contribution is 5.98. The van der Waals surface area contributed by atoms with E-state index in [4.69, 9.17) is 10.5 Å². The van der Waals surface area contributed by atoms with Crippen molar-refractivity contribution in [2.24, 2.45) is 0 Å². The second-order valence-electron chi connectivity index (χ2n) is 7.58. The van der Waals surface area contributed by atoms with Crippen molar-refractivity contribution in [2.45, 2.75) is 30.7 Å². The van der Waals surface area contributed by atoms with Crippen LogP contribution < -0.4 is 11.1 Å². The first-order valence-corrected chi connectivity index (χ1v) is 10.0. The van der Waals surface area contributed by atoms with Crippen LogP contribution in [0.2, 0.25) is 0 Å². The number of rotatable bonds is 5. The highest BCUT2D eigenvalue weighted by Crippen LogP contribution is 2.38. The molecule has 0 saturated carbocycles. The molecule has 3 aromatic rings. The first-order valence-electron chi connectivity index (χ1n) is 10.0. The summed E-state index contributed by atoms with van der Waals surface area (Å²) in [4.78, 5) is 24.2. The molecule has 3 heterocycles. The number of halogens is 3. The maximum Gasteiger partial charge on any atom is 0.416 e. The van der Waals surface area contributed by atoms with Crippen molar-refractivity contribution in [2.75, 3.05) is 12.3 Å². The van der Waals surface area contributed by atoms with Crippen LogP contribution in [-0.2, 0) is 10.9 Å². The van der Waals surface area contributed by atoms with Crippen LogP contribution in [0.15, 0.2) is 36.9 Å². The molecule has 0 aliphatic carbocycles. The summed E-state index contributed by atoms with van der Waals surface area (Å²) in [6.45, 7) is -0.236. The fraction of sp³-hybridized carbons (Fsp3) is 0.300. The molecule has 1 aliphatic rings. The van der Waals surface area contributed by atoms with Crippen LogP contribution in [0.1, 0.15) is 22.1 Å². The Hall–Kier alpha value is -3.95. The van der Waals surface area contributed by atoms with Gasteiger partial charge in [0.05, 0.1) is 17.5 Å². The van der Waals surface area contributed by atoms with Crippen LogP contribution in [0.5, 0.6) is 11.5 Å². The third-order valence-electron chi connectivity index (χ3n) is 5.30. The Labute approximate surface area is 194 Å². The van der Waals surface area contributed by atoms with Gasteiger partial charge in [0.25, 0.3) is 5.91 Å². The predicted octanol–water partition coefficient (Wildman–Crippen LogP) is 0.444. The number of nitrogens with zero attached hydrogens (tertiary/aromatic N) is 4. The topological polar surface area (TPSA) is 189 Å². The maximum atomic E-state index is 12.9. The van der Waals surface area contributed by atoms with Crippen molar-refractivity contribution in [3.63, 3.8) is 0 Å². The number of benzene rings is 1. The minimum Gasteiger partial charge on any atom is -0.504 e. The highest BCUT2D eigenvalue weighted by atomic mass is 19.4. The van der Waals surface area contributed by atoms with Crippen molar-refractivity contribution < 1.29 is 43.1 Å². The number of carbonyl (C=O) groups is 1. The van der Waals surface area contributed by atoms with Crippen LogP contribution in [0, 0.1) is 0 Å². The lowest BCUT2D eigenvalue weighted by Crippen LogP contribution is -2.31. The SMILES string of the molecule is Nc1ncnc2c1ncn2C1OC(C=CCNC(=O)c2cc(C(F)(F)F)cc(O)c2O)C(O)[C@H]1O. The van der Waals surface area contributed by atoms with Gasteiger partial charge < -0.3 is 36.2 Å². The maximum absolute atomic E-state index is 12.9. The number of nitrogens with two attached hydrogens (primary N) is 1. The van der Waals surface area contributed by atoms with E-state index >= 15 is 0 Å². The van der Waals surface area contributed by atoms with Gasteiger partial charge in [0.15, 0.2) is 29.2 Å². The zero-order valence-corrected chi connectivity index (χ0v) is 17.6. The van der Waals surface area contributed by atoms with Crippen molar-refractivity contribution in [3.8, 4) is 11.5 Å². The van der Waals surface area contributed by atoms with Crippen LogP contribution in [0.3, 0.4) is 0 Å². The van der Waals surface area contributed by atoms with Gasteiger partial charge in [-0.05, 0) is 12.1 Å². The zero-order valence-electron chi connectivity index (χ0n) is 17.6. The molecule has 0 bridgehead atoms. The van der Waals surface area contributed by atoms with Gasteiger partial charge in [0.1, 0.15) is 30.2 Å². The number of carbonyl (C=O) groups excluding carboxylic acids is 1. The number of anilines is 1. The van der Waals surface area contributed by atoms with Crippen LogP contribution in [-0.4, -0.2) is 70.7 Å². The van der Waals surface area contributed by atoms with Gasteiger partial charge in [0, 0.05) is 6.54 Å². The number of aromatic hydroxyl groups is 2. The number of imidazole rings is 1. The van der Waals surface area contributed by atoms with Crippen LogP contribution in [0.4, 0.5) is 19.0 Å². The Balaban J connectivity index is 1.43. The molecule has 2 aromatic heterocycles. The van der Waals surface area contributed by atoms with Gasteiger partial charge in [-0.1, -0.05) is 12.2 Å². The Morgan fingerprint density at radius 3 is 2.66 bits per heavy atom. The molecule has 35 heavy (non-hydrogen) atoms. The molecule has 1 aliphatic heterocycles. The monoisotopic (exact) mass is 496 g/mol. The molecular formula is C20H19F3N6O6. The minimum absolute atomic E-state index is 0.120. The fourth-order valence-corrected chi connectivity index (χ4v) is 3.54. The van der Waals surface area contributed by atoms with Gasteiger partial charge >= 0.3 is 6.18 Å². The van der Waals surface area contributed by atoms with E-state index in [-0.39, 0.29) is 23.5 Å². The molecule has 7 N–H and O–H groups in total. The molecular weight excluding hydrogens is 477 g/mol. The summed E-state index contributed by atoms with van der Waals surface area (Å²) < 4.78 is 45.8. The van der Waals surface area contributed by atoms with E-state index in [2.05, 4.69) is 20.3 Å². The lowest BCUT2D eigenvalue weighted by atomic mass is 10.1. The van der Waals surface area contributed by atoms with Crippen molar-refractivity contribution in [3.05, 3.63) is 48.1 Å². The van der Waals surface area contributed by atoms with Gasteiger partial charge in [-0.2, -0.15) is 13.2 Å². The largest absolute Gasteiger partial charge is 0.504 e. The number of nitrogens with one attached hydrogen (secondary N) is 1. The number of amides is 1. The third kappa shape index (κ3) is 4.55. The first-order chi connectivity index (χ1) is 16.5. The van der Waals surface area contributed by atoms with E-state index < -0.39 is 59.2 Å². The smallest absolute Gasteiger partial charge is 0.416 e. The van der Waals surface area contributed by atoms with E-state index in [9.17, 15) is 38.4 Å². The van der Waals surface area contributed by atoms with E-state index in [1.165, 1.54) is 29.4 Å². The Bertz CT molecular complexity index is 1300.